The Morgan fingerprint density at radius 2 is 1.34 bits per heavy atom. The van der Waals surface area contributed by atoms with Crippen LogP contribution in [0.5, 0.6) is 0 Å². The van der Waals surface area contributed by atoms with Gasteiger partial charge in [0.2, 0.25) is 0 Å². The molecule has 1 fully saturated rings. The van der Waals surface area contributed by atoms with Gasteiger partial charge in [-0.2, -0.15) is 0 Å². The van der Waals surface area contributed by atoms with Gasteiger partial charge in [-0.3, -0.25) is 4.99 Å². The maximum atomic E-state index is 14.1. The van der Waals surface area contributed by atoms with E-state index in [1.54, 1.807) is 13.3 Å². The van der Waals surface area contributed by atoms with Crippen LogP contribution in [0.2, 0.25) is 0 Å². The number of hydrogen-bond acceptors (Lipinski definition) is 5. The average Bonchev–Trinajstić information content (AvgIpc) is 3.31. The van der Waals surface area contributed by atoms with Gasteiger partial charge in [0.25, 0.3) is 0 Å². The zero-order valence-electron chi connectivity index (χ0n) is 23.8. The number of esters is 1. The molecule has 1 heterocycles. The number of carbonyl (C=O) groups is 1. The molecule has 2 unspecified atom stereocenters. The number of rotatable bonds is 11. The van der Waals surface area contributed by atoms with E-state index < -0.39 is 31.1 Å². The van der Waals surface area contributed by atoms with E-state index in [4.69, 9.17) is 4.74 Å². The predicted molar refractivity (Wildman–Crippen MR) is 171 cm³/mol. The van der Waals surface area contributed by atoms with Crippen LogP contribution in [0.25, 0.3) is 0 Å². The summed E-state index contributed by atoms with van der Waals surface area (Å²) >= 11 is 0. The van der Waals surface area contributed by atoms with Gasteiger partial charge in [0.05, 0.1) is 17.7 Å². The minimum Gasteiger partial charge on any atom is -0.458 e. The first-order chi connectivity index (χ1) is 20.0. The van der Waals surface area contributed by atoms with Crippen molar-refractivity contribution in [3.63, 3.8) is 0 Å². The fourth-order valence-electron chi connectivity index (χ4n) is 5.41. The Balaban J connectivity index is 1.95. The van der Waals surface area contributed by atoms with Crippen LogP contribution in [-0.4, -0.2) is 70.7 Å². The van der Waals surface area contributed by atoms with Crippen molar-refractivity contribution in [1.29, 1.82) is 0 Å². The van der Waals surface area contributed by atoms with E-state index in [9.17, 15) is 15.0 Å². The molecule has 216 valence electrons. The van der Waals surface area contributed by atoms with E-state index >= 15 is 0 Å². The first kappa shape index (κ1) is 30.5. The van der Waals surface area contributed by atoms with Crippen LogP contribution in [-0.2, 0) is 9.53 Å². The summed E-state index contributed by atoms with van der Waals surface area (Å²) in [6, 6.07) is 28.6. The van der Waals surface area contributed by atoms with Crippen molar-refractivity contribution in [1.82, 2.24) is 4.90 Å². The van der Waals surface area contributed by atoms with Gasteiger partial charge in [-0.1, -0.05) is 116 Å². The third-order valence-corrected chi connectivity index (χ3v) is 11.9. The Labute approximate surface area is 244 Å². The molecule has 1 aliphatic rings. The van der Waals surface area contributed by atoms with E-state index in [1.165, 1.54) is 18.9 Å². The van der Waals surface area contributed by atoms with Crippen LogP contribution in [0.1, 0.15) is 32.6 Å². The predicted octanol–water partition coefficient (Wildman–Crippen LogP) is 3.90. The normalized spacial score (nSPS) is 16.4. The first-order valence-corrected chi connectivity index (χ1v) is 16.1. The lowest BCUT2D eigenvalue weighted by Gasteiger charge is -2.35. The van der Waals surface area contributed by atoms with Crippen LogP contribution < -0.4 is 15.9 Å². The molecule has 0 radical (unpaired) electrons. The summed E-state index contributed by atoms with van der Waals surface area (Å²) in [6.45, 7) is 4.26. The molecular formula is C34H41N2O4P. The number of aliphatic hydroxyl groups is 2. The molecular weight excluding hydrogens is 531 g/mol. The summed E-state index contributed by atoms with van der Waals surface area (Å²) in [5.74, 6) is -0.662. The number of aliphatic hydroxyl groups excluding tert-OH is 2. The third-order valence-electron chi connectivity index (χ3n) is 7.54. The van der Waals surface area contributed by atoms with Crippen LogP contribution in [0.4, 0.5) is 0 Å². The van der Waals surface area contributed by atoms with Crippen molar-refractivity contribution in [2.75, 3.05) is 19.7 Å². The van der Waals surface area contributed by atoms with E-state index in [0.29, 0.717) is 0 Å². The van der Waals surface area contributed by atoms with Crippen molar-refractivity contribution >= 4 is 40.4 Å². The van der Waals surface area contributed by atoms with Gasteiger partial charge in [-0.15, -0.1) is 0 Å². The molecule has 4 rings (SSSR count). The zero-order chi connectivity index (χ0) is 29.1. The lowest BCUT2D eigenvalue weighted by atomic mass is 10.0. The second kappa shape index (κ2) is 15.0. The van der Waals surface area contributed by atoms with Crippen LogP contribution in [0, 0.1) is 0 Å². The molecule has 3 aromatic carbocycles. The van der Waals surface area contributed by atoms with Gasteiger partial charge in [0, 0.05) is 13.1 Å². The number of benzene rings is 3. The summed E-state index contributed by atoms with van der Waals surface area (Å²) in [6.07, 6.45) is 5.02. The van der Waals surface area contributed by atoms with E-state index in [0.717, 1.165) is 41.8 Å². The average molecular weight is 573 g/mol. The first-order valence-electron chi connectivity index (χ1n) is 14.3. The van der Waals surface area contributed by atoms with Crippen LogP contribution in [0.3, 0.4) is 0 Å². The van der Waals surface area contributed by atoms with Gasteiger partial charge < -0.3 is 19.8 Å². The van der Waals surface area contributed by atoms with Gasteiger partial charge in [-0.05, 0) is 42.6 Å². The summed E-state index contributed by atoms with van der Waals surface area (Å²) in [4.78, 5) is 20.9. The van der Waals surface area contributed by atoms with Gasteiger partial charge in [0.1, 0.15) is 18.8 Å². The smallest absolute Gasteiger partial charge is 0.338 e. The van der Waals surface area contributed by atoms with Gasteiger partial charge in [0.15, 0.2) is 0 Å². The SMILES string of the molecule is C=CCOC(=O)C(C(O)C(O)[C@H](C)N=CN1CCCCCC1)=P(c1ccccc1)(c1ccccc1)c1ccccc1. The van der Waals surface area contributed by atoms with Crippen LogP contribution in [0.15, 0.2) is 109 Å². The summed E-state index contributed by atoms with van der Waals surface area (Å²) in [7, 11) is 0. The highest BCUT2D eigenvalue weighted by molar-refractivity contribution is 7.96. The standard InChI is InChI=1S/C34H41N2O4P/c1-3-25-40-34(39)33(32(38)31(37)27(2)35-26-36-23-15-4-5-16-24-36)41(28-17-9-6-10-18-28,29-19-11-7-12-20-29)30-21-13-8-14-22-30/h3,6-14,17-22,26-27,31-32,37-38H,1,4-5,15-16,23-25H2,2H3/t27-,31?,32?/m0/s1. The van der Waals surface area contributed by atoms with Gasteiger partial charge in [-0.25, -0.2) is 4.79 Å². The Morgan fingerprint density at radius 1 is 0.878 bits per heavy atom. The Hall–Kier alpha value is -3.44. The molecule has 0 aromatic heterocycles. The van der Waals surface area contributed by atoms with Crippen molar-refractivity contribution in [3.05, 3.63) is 104 Å². The molecule has 6 nitrogen and oxygen atoms in total. The highest BCUT2D eigenvalue weighted by atomic mass is 31.2. The van der Waals surface area contributed by atoms with Crippen molar-refractivity contribution in [3.8, 4) is 0 Å². The number of nitrogens with zero attached hydrogens (tertiary/aromatic N) is 2. The lowest BCUT2D eigenvalue weighted by molar-refractivity contribution is -0.135. The number of likely N-dealkylation sites (tertiary alicyclic amines) is 1. The molecule has 2 N–H and O–H groups in total. The molecule has 0 spiro atoms. The summed E-state index contributed by atoms with van der Waals surface area (Å²) in [5.41, 5.74) is 0. The molecule has 1 saturated heterocycles. The quantitative estimate of drug-likeness (QED) is 0.120. The molecule has 1 aliphatic heterocycles. The Bertz CT molecular complexity index is 1230. The maximum Gasteiger partial charge on any atom is 0.338 e. The maximum absolute atomic E-state index is 14.1. The minimum atomic E-state index is -3.02. The third kappa shape index (κ3) is 7.08. The largest absolute Gasteiger partial charge is 0.458 e. The number of ether oxygens (including phenoxy) is 1. The number of aliphatic imine (C=N–C) groups is 1. The van der Waals surface area contributed by atoms with Crippen molar-refractivity contribution in [2.45, 2.75) is 50.9 Å². The highest BCUT2D eigenvalue weighted by Gasteiger charge is 2.41. The van der Waals surface area contributed by atoms with E-state index in [1.807, 2.05) is 91.0 Å². The van der Waals surface area contributed by atoms with Gasteiger partial charge >= 0.3 is 5.97 Å². The Kier molecular flexibility index (Phi) is 11.1. The fraction of sp³-hybridized carbons (Fsp3) is 0.324. The lowest BCUT2D eigenvalue weighted by Crippen LogP contribution is -2.48. The zero-order valence-corrected chi connectivity index (χ0v) is 24.7. The minimum absolute atomic E-state index is 0.0216. The Morgan fingerprint density at radius 3 is 1.78 bits per heavy atom. The molecule has 0 aliphatic carbocycles. The van der Waals surface area contributed by atoms with Crippen molar-refractivity contribution < 1.29 is 19.7 Å². The number of carbonyl (C=O) groups excluding carboxylic acids is 1. The molecule has 7 heteroatoms. The molecule has 3 atom stereocenters. The van der Waals surface area contributed by atoms with Crippen molar-refractivity contribution in [2.24, 2.45) is 4.99 Å². The molecule has 0 bridgehead atoms. The number of hydrogen-bond donors (Lipinski definition) is 2. The molecule has 0 amide bonds. The molecule has 3 aromatic rings. The highest BCUT2D eigenvalue weighted by Crippen LogP contribution is 2.47. The van der Waals surface area contributed by atoms with E-state index in [2.05, 4.69) is 16.5 Å². The monoisotopic (exact) mass is 572 g/mol. The molecule has 41 heavy (non-hydrogen) atoms. The van der Waals surface area contributed by atoms with E-state index in [-0.39, 0.29) is 11.9 Å². The molecule has 0 saturated carbocycles. The summed E-state index contributed by atoms with van der Waals surface area (Å²) in [5, 5.41) is 26.4. The fourth-order valence-corrected chi connectivity index (χ4v) is 9.88. The van der Waals surface area contributed by atoms with Crippen LogP contribution >= 0.6 is 6.89 Å². The topological polar surface area (TPSA) is 82.4 Å². The second-order valence-electron chi connectivity index (χ2n) is 10.3. The summed E-state index contributed by atoms with van der Waals surface area (Å²) < 4.78 is 5.66. The second-order valence-corrected chi connectivity index (χ2v) is 13.7.